The van der Waals surface area contributed by atoms with Crippen LogP contribution in [0.15, 0.2) is 42.5 Å². The van der Waals surface area contributed by atoms with Gasteiger partial charge in [0, 0.05) is 11.1 Å². The van der Waals surface area contributed by atoms with Crippen molar-refractivity contribution in [1.29, 1.82) is 0 Å². The summed E-state index contributed by atoms with van der Waals surface area (Å²) in [6, 6.07) is 14.2. The van der Waals surface area contributed by atoms with E-state index >= 15 is 0 Å². The second kappa shape index (κ2) is 5.05. The molecular formula is C18H17N5. The SMILES string of the molecule is Cc1cccc(Nc2nc3ccccc3c3nnc(C)n23)c1C. The van der Waals surface area contributed by atoms with Crippen LogP contribution in [-0.2, 0) is 0 Å². The Morgan fingerprint density at radius 2 is 1.74 bits per heavy atom. The molecule has 0 unspecified atom stereocenters. The van der Waals surface area contributed by atoms with Gasteiger partial charge in [-0.1, -0.05) is 24.3 Å². The van der Waals surface area contributed by atoms with Gasteiger partial charge < -0.3 is 5.32 Å². The number of hydrogen-bond acceptors (Lipinski definition) is 4. The van der Waals surface area contributed by atoms with Gasteiger partial charge in [-0.2, -0.15) is 0 Å². The maximum atomic E-state index is 4.77. The number of aryl methyl sites for hydroxylation is 2. The lowest BCUT2D eigenvalue weighted by Crippen LogP contribution is -2.05. The van der Waals surface area contributed by atoms with Crippen molar-refractivity contribution in [1.82, 2.24) is 19.6 Å². The zero-order valence-corrected chi connectivity index (χ0v) is 13.3. The number of nitrogens with zero attached hydrogens (tertiary/aromatic N) is 4. The fraction of sp³-hybridized carbons (Fsp3) is 0.167. The quantitative estimate of drug-likeness (QED) is 0.609. The summed E-state index contributed by atoms with van der Waals surface area (Å²) in [5.74, 6) is 1.54. The monoisotopic (exact) mass is 303 g/mol. The van der Waals surface area contributed by atoms with Gasteiger partial charge in [0.15, 0.2) is 5.65 Å². The molecule has 0 bridgehead atoms. The minimum Gasteiger partial charge on any atom is -0.325 e. The van der Waals surface area contributed by atoms with Crippen LogP contribution in [-0.4, -0.2) is 19.6 Å². The van der Waals surface area contributed by atoms with Crippen molar-refractivity contribution >= 4 is 28.2 Å². The number of anilines is 2. The third kappa shape index (κ3) is 2.12. The Morgan fingerprint density at radius 1 is 0.913 bits per heavy atom. The molecule has 0 spiro atoms. The lowest BCUT2D eigenvalue weighted by atomic mass is 10.1. The van der Waals surface area contributed by atoms with E-state index in [2.05, 4.69) is 41.5 Å². The molecule has 0 amide bonds. The summed E-state index contributed by atoms with van der Waals surface area (Å²) < 4.78 is 1.96. The predicted molar refractivity (Wildman–Crippen MR) is 92.2 cm³/mol. The van der Waals surface area contributed by atoms with Crippen molar-refractivity contribution in [3.8, 4) is 0 Å². The van der Waals surface area contributed by atoms with Crippen LogP contribution in [0.4, 0.5) is 11.6 Å². The van der Waals surface area contributed by atoms with Gasteiger partial charge in [-0.3, -0.25) is 0 Å². The summed E-state index contributed by atoms with van der Waals surface area (Å²) in [6.45, 7) is 6.15. The molecule has 0 saturated carbocycles. The molecule has 2 aromatic heterocycles. The molecule has 114 valence electrons. The topological polar surface area (TPSA) is 55.1 Å². The summed E-state index contributed by atoms with van der Waals surface area (Å²) >= 11 is 0. The molecule has 0 saturated heterocycles. The zero-order valence-electron chi connectivity index (χ0n) is 13.3. The zero-order chi connectivity index (χ0) is 16.0. The van der Waals surface area contributed by atoms with Crippen LogP contribution in [0.2, 0.25) is 0 Å². The van der Waals surface area contributed by atoms with Gasteiger partial charge in [-0.15, -0.1) is 10.2 Å². The van der Waals surface area contributed by atoms with Crippen molar-refractivity contribution in [3.63, 3.8) is 0 Å². The van der Waals surface area contributed by atoms with Crippen molar-refractivity contribution in [2.24, 2.45) is 0 Å². The minimum absolute atomic E-state index is 0.731. The first-order valence-electron chi connectivity index (χ1n) is 7.59. The molecule has 23 heavy (non-hydrogen) atoms. The molecule has 5 heteroatoms. The molecule has 1 N–H and O–H groups in total. The van der Waals surface area contributed by atoms with Gasteiger partial charge in [0.05, 0.1) is 5.52 Å². The van der Waals surface area contributed by atoms with Crippen LogP contribution >= 0.6 is 0 Å². The lowest BCUT2D eigenvalue weighted by Gasteiger charge is -2.13. The van der Waals surface area contributed by atoms with E-state index in [4.69, 9.17) is 4.98 Å². The van der Waals surface area contributed by atoms with E-state index < -0.39 is 0 Å². The van der Waals surface area contributed by atoms with E-state index in [1.165, 1.54) is 11.1 Å². The molecule has 0 aliphatic heterocycles. The number of nitrogens with one attached hydrogen (secondary N) is 1. The Morgan fingerprint density at radius 3 is 2.61 bits per heavy atom. The van der Waals surface area contributed by atoms with Crippen LogP contribution in [0.1, 0.15) is 17.0 Å². The predicted octanol–water partition coefficient (Wildman–Crippen LogP) is 3.95. The molecule has 4 rings (SSSR count). The Labute approximate surface area is 134 Å². The first kappa shape index (κ1) is 13.7. The van der Waals surface area contributed by atoms with Gasteiger partial charge in [0.2, 0.25) is 5.95 Å². The van der Waals surface area contributed by atoms with Gasteiger partial charge in [0.1, 0.15) is 5.82 Å². The molecule has 4 aromatic rings. The third-order valence-corrected chi connectivity index (χ3v) is 4.26. The fourth-order valence-electron chi connectivity index (χ4n) is 2.81. The second-order valence-corrected chi connectivity index (χ2v) is 5.73. The molecule has 0 aliphatic carbocycles. The van der Waals surface area contributed by atoms with Crippen LogP contribution in [0.5, 0.6) is 0 Å². The number of aromatic nitrogens is 4. The van der Waals surface area contributed by atoms with Crippen LogP contribution in [0.25, 0.3) is 16.6 Å². The van der Waals surface area contributed by atoms with Crippen molar-refractivity contribution in [2.45, 2.75) is 20.8 Å². The summed E-state index contributed by atoms with van der Waals surface area (Å²) in [6.07, 6.45) is 0. The van der Waals surface area contributed by atoms with E-state index in [9.17, 15) is 0 Å². The summed E-state index contributed by atoms with van der Waals surface area (Å²) in [4.78, 5) is 4.77. The molecule has 5 nitrogen and oxygen atoms in total. The molecular weight excluding hydrogens is 286 g/mol. The molecule has 0 radical (unpaired) electrons. The van der Waals surface area contributed by atoms with Gasteiger partial charge >= 0.3 is 0 Å². The minimum atomic E-state index is 0.731. The second-order valence-electron chi connectivity index (χ2n) is 5.73. The van der Waals surface area contributed by atoms with Gasteiger partial charge in [-0.05, 0) is 50.1 Å². The summed E-state index contributed by atoms with van der Waals surface area (Å²) in [5, 5.41) is 13.0. The standard InChI is InChI=1S/C18H17N5/c1-11-7-6-10-15(12(11)2)19-18-20-16-9-5-4-8-14(16)17-22-21-13(3)23(17)18/h4-10H,1-3H3,(H,19,20). The number of para-hydroxylation sites is 1. The summed E-state index contributed by atoms with van der Waals surface area (Å²) in [5.41, 5.74) is 5.22. The Bertz CT molecular complexity index is 1030. The first-order chi connectivity index (χ1) is 11.1. The number of benzene rings is 2. The highest BCUT2D eigenvalue weighted by Gasteiger charge is 2.13. The lowest BCUT2D eigenvalue weighted by molar-refractivity contribution is 0.994. The Balaban J connectivity index is 1.98. The Kier molecular flexibility index (Phi) is 3.01. The van der Waals surface area contributed by atoms with Crippen molar-refractivity contribution in [3.05, 3.63) is 59.4 Å². The number of hydrogen-bond donors (Lipinski definition) is 1. The number of fused-ring (bicyclic) bond motifs is 3. The van der Waals surface area contributed by atoms with E-state index in [-0.39, 0.29) is 0 Å². The van der Waals surface area contributed by atoms with E-state index in [0.717, 1.165) is 34.0 Å². The maximum Gasteiger partial charge on any atom is 0.215 e. The highest BCUT2D eigenvalue weighted by molar-refractivity contribution is 5.92. The van der Waals surface area contributed by atoms with Crippen LogP contribution < -0.4 is 5.32 Å². The smallest absolute Gasteiger partial charge is 0.215 e. The molecule has 0 fully saturated rings. The fourth-order valence-corrected chi connectivity index (χ4v) is 2.81. The first-order valence-corrected chi connectivity index (χ1v) is 7.59. The highest BCUT2D eigenvalue weighted by atomic mass is 15.3. The normalized spacial score (nSPS) is 11.3. The highest BCUT2D eigenvalue weighted by Crippen LogP contribution is 2.26. The van der Waals surface area contributed by atoms with E-state index in [1.807, 2.05) is 41.7 Å². The molecule has 2 heterocycles. The van der Waals surface area contributed by atoms with Gasteiger partial charge in [0.25, 0.3) is 0 Å². The van der Waals surface area contributed by atoms with Gasteiger partial charge in [-0.25, -0.2) is 9.38 Å². The van der Waals surface area contributed by atoms with Crippen LogP contribution in [0.3, 0.4) is 0 Å². The van der Waals surface area contributed by atoms with Crippen molar-refractivity contribution in [2.75, 3.05) is 5.32 Å². The maximum absolute atomic E-state index is 4.77. The van der Waals surface area contributed by atoms with E-state index in [1.54, 1.807) is 0 Å². The number of rotatable bonds is 2. The molecule has 0 atom stereocenters. The van der Waals surface area contributed by atoms with Crippen LogP contribution in [0, 0.1) is 20.8 Å². The third-order valence-electron chi connectivity index (χ3n) is 4.26. The summed E-state index contributed by atoms with van der Waals surface area (Å²) in [7, 11) is 0. The Hall–Kier alpha value is -2.95. The van der Waals surface area contributed by atoms with E-state index in [0.29, 0.717) is 0 Å². The average Bonchev–Trinajstić information content (AvgIpc) is 2.94. The molecule has 0 aliphatic rings. The average molecular weight is 303 g/mol. The van der Waals surface area contributed by atoms with Crippen molar-refractivity contribution < 1.29 is 0 Å². The largest absolute Gasteiger partial charge is 0.325 e. The molecule has 2 aromatic carbocycles.